The lowest BCUT2D eigenvalue weighted by Gasteiger charge is -2.33. The zero-order valence-electron chi connectivity index (χ0n) is 10.4. The number of allylic oxidation sites excluding steroid dienone is 1. The summed E-state index contributed by atoms with van der Waals surface area (Å²) in [6, 6.07) is 0. The average Bonchev–Trinajstić information content (AvgIpc) is 2.25. The van der Waals surface area contributed by atoms with Gasteiger partial charge in [0.25, 0.3) is 0 Å². The molecule has 0 radical (unpaired) electrons. The van der Waals surface area contributed by atoms with Gasteiger partial charge in [0.15, 0.2) is 0 Å². The summed E-state index contributed by atoms with van der Waals surface area (Å²) >= 11 is 0. The zero-order chi connectivity index (χ0) is 11.1. The Hall–Kier alpha value is -0.380. The molecule has 1 fully saturated rings. The first-order valence-electron chi connectivity index (χ1n) is 5.93. The highest BCUT2D eigenvalue weighted by atomic mass is 15.3. The minimum atomic E-state index is 1.07. The number of likely N-dealkylation sites (N-methyl/N-ethyl adjacent to an activating group) is 2. The molecule has 0 aromatic rings. The predicted molar refractivity (Wildman–Crippen MR) is 66.2 cm³/mol. The quantitative estimate of drug-likeness (QED) is 0.621. The van der Waals surface area contributed by atoms with Crippen molar-refractivity contribution in [3.05, 3.63) is 12.2 Å². The van der Waals surface area contributed by atoms with E-state index in [1.807, 2.05) is 0 Å². The SMILES string of the molecule is C/C=C/CN(C)CCN1CCN(C)CC1. The molecular weight excluding hydrogens is 186 g/mol. The third-order valence-electron chi connectivity index (χ3n) is 3.05. The van der Waals surface area contributed by atoms with Crippen molar-refractivity contribution in [2.75, 3.05) is 59.9 Å². The molecular formula is C12H25N3. The first-order valence-corrected chi connectivity index (χ1v) is 5.93. The van der Waals surface area contributed by atoms with E-state index in [2.05, 4.69) is 47.9 Å². The van der Waals surface area contributed by atoms with Crippen LogP contribution in [0.25, 0.3) is 0 Å². The molecule has 1 aliphatic heterocycles. The van der Waals surface area contributed by atoms with Crippen LogP contribution in [-0.2, 0) is 0 Å². The lowest BCUT2D eigenvalue weighted by Crippen LogP contribution is -2.46. The van der Waals surface area contributed by atoms with E-state index in [0.717, 1.165) is 6.54 Å². The van der Waals surface area contributed by atoms with Gasteiger partial charge in [0.05, 0.1) is 0 Å². The summed E-state index contributed by atoms with van der Waals surface area (Å²) < 4.78 is 0. The predicted octanol–water partition coefficient (Wildman–Crippen LogP) is 0.742. The Bertz CT molecular complexity index is 183. The Balaban J connectivity index is 2.09. The van der Waals surface area contributed by atoms with Gasteiger partial charge >= 0.3 is 0 Å². The highest BCUT2D eigenvalue weighted by Crippen LogP contribution is 1.98. The molecule has 1 aliphatic rings. The number of piperazine rings is 1. The molecule has 0 aliphatic carbocycles. The molecule has 3 nitrogen and oxygen atoms in total. The van der Waals surface area contributed by atoms with E-state index >= 15 is 0 Å². The van der Waals surface area contributed by atoms with E-state index < -0.39 is 0 Å². The van der Waals surface area contributed by atoms with Gasteiger partial charge < -0.3 is 9.80 Å². The van der Waals surface area contributed by atoms with Gasteiger partial charge in [-0.05, 0) is 21.0 Å². The van der Waals surface area contributed by atoms with Crippen LogP contribution in [0.5, 0.6) is 0 Å². The monoisotopic (exact) mass is 211 g/mol. The van der Waals surface area contributed by atoms with Gasteiger partial charge in [-0.15, -0.1) is 0 Å². The molecule has 0 spiro atoms. The molecule has 0 bridgehead atoms. The van der Waals surface area contributed by atoms with Crippen LogP contribution in [0, 0.1) is 0 Å². The van der Waals surface area contributed by atoms with E-state index in [0.29, 0.717) is 0 Å². The van der Waals surface area contributed by atoms with Gasteiger partial charge in [-0.25, -0.2) is 0 Å². The second-order valence-corrected chi connectivity index (χ2v) is 4.48. The molecule has 3 heteroatoms. The molecule has 1 rings (SSSR count). The summed E-state index contributed by atoms with van der Waals surface area (Å²) in [5.74, 6) is 0. The largest absolute Gasteiger partial charge is 0.304 e. The van der Waals surface area contributed by atoms with Crippen molar-refractivity contribution in [2.24, 2.45) is 0 Å². The van der Waals surface area contributed by atoms with Crippen LogP contribution < -0.4 is 0 Å². The minimum Gasteiger partial charge on any atom is -0.304 e. The Morgan fingerprint density at radius 1 is 1.20 bits per heavy atom. The number of rotatable bonds is 5. The number of nitrogens with zero attached hydrogens (tertiary/aromatic N) is 3. The zero-order valence-corrected chi connectivity index (χ0v) is 10.4. The lowest BCUT2D eigenvalue weighted by atomic mass is 10.3. The summed E-state index contributed by atoms with van der Waals surface area (Å²) in [6.07, 6.45) is 4.33. The maximum Gasteiger partial charge on any atom is 0.0160 e. The van der Waals surface area contributed by atoms with E-state index in [1.165, 1.54) is 39.3 Å². The van der Waals surface area contributed by atoms with Crippen LogP contribution in [-0.4, -0.2) is 74.6 Å². The van der Waals surface area contributed by atoms with Crippen LogP contribution in [0.3, 0.4) is 0 Å². The fourth-order valence-corrected chi connectivity index (χ4v) is 1.76. The fourth-order valence-electron chi connectivity index (χ4n) is 1.76. The summed E-state index contributed by atoms with van der Waals surface area (Å²) in [5, 5.41) is 0. The molecule has 0 unspecified atom stereocenters. The molecule has 88 valence electrons. The van der Waals surface area contributed by atoms with Crippen molar-refractivity contribution in [1.29, 1.82) is 0 Å². The lowest BCUT2D eigenvalue weighted by molar-refractivity contribution is 0.143. The van der Waals surface area contributed by atoms with Gasteiger partial charge in [-0.3, -0.25) is 4.90 Å². The maximum atomic E-state index is 2.56. The summed E-state index contributed by atoms with van der Waals surface area (Å²) in [4.78, 5) is 7.34. The van der Waals surface area contributed by atoms with Crippen molar-refractivity contribution in [2.45, 2.75) is 6.92 Å². The molecule has 0 aromatic heterocycles. The van der Waals surface area contributed by atoms with Gasteiger partial charge in [0.1, 0.15) is 0 Å². The van der Waals surface area contributed by atoms with Crippen LogP contribution in [0.15, 0.2) is 12.2 Å². The Labute approximate surface area is 94.3 Å². The second kappa shape index (κ2) is 6.99. The van der Waals surface area contributed by atoms with Crippen molar-refractivity contribution in [1.82, 2.24) is 14.7 Å². The average molecular weight is 211 g/mol. The smallest absolute Gasteiger partial charge is 0.0160 e. The van der Waals surface area contributed by atoms with Gasteiger partial charge in [0.2, 0.25) is 0 Å². The van der Waals surface area contributed by atoms with E-state index in [1.54, 1.807) is 0 Å². The van der Waals surface area contributed by atoms with Crippen LogP contribution >= 0.6 is 0 Å². The molecule has 0 amide bonds. The summed E-state index contributed by atoms with van der Waals surface area (Å²) in [5.41, 5.74) is 0. The van der Waals surface area contributed by atoms with Gasteiger partial charge in [0, 0.05) is 45.8 Å². The molecule has 0 atom stereocenters. The van der Waals surface area contributed by atoms with E-state index in [-0.39, 0.29) is 0 Å². The summed E-state index contributed by atoms with van der Waals surface area (Å²) in [7, 11) is 4.39. The highest BCUT2D eigenvalue weighted by Gasteiger charge is 2.13. The van der Waals surface area contributed by atoms with Crippen LogP contribution in [0.1, 0.15) is 6.92 Å². The molecule has 15 heavy (non-hydrogen) atoms. The van der Waals surface area contributed by atoms with Crippen molar-refractivity contribution < 1.29 is 0 Å². The summed E-state index contributed by atoms with van der Waals surface area (Å²) in [6.45, 7) is 10.4. The third-order valence-corrected chi connectivity index (χ3v) is 3.05. The number of hydrogen-bond acceptors (Lipinski definition) is 3. The molecule has 0 aromatic carbocycles. The Morgan fingerprint density at radius 2 is 1.87 bits per heavy atom. The minimum absolute atomic E-state index is 1.07. The standard InChI is InChI=1S/C12H25N3/c1-4-5-6-13(2)7-10-15-11-8-14(3)9-12-15/h4-5H,6-12H2,1-3H3/b5-4+. The van der Waals surface area contributed by atoms with E-state index in [4.69, 9.17) is 0 Å². The number of hydrogen-bond donors (Lipinski definition) is 0. The Morgan fingerprint density at radius 3 is 2.47 bits per heavy atom. The fraction of sp³-hybridized carbons (Fsp3) is 0.833. The Kier molecular flexibility index (Phi) is 5.91. The maximum absolute atomic E-state index is 2.56. The molecule has 1 saturated heterocycles. The van der Waals surface area contributed by atoms with Gasteiger partial charge in [-0.2, -0.15) is 0 Å². The molecule has 0 saturated carbocycles. The second-order valence-electron chi connectivity index (χ2n) is 4.48. The topological polar surface area (TPSA) is 9.72 Å². The van der Waals surface area contributed by atoms with Crippen molar-refractivity contribution in [3.8, 4) is 0 Å². The molecule has 0 N–H and O–H groups in total. The van der Waals surface area contributed by atoms with Crippen molar-refractivity contribution in [3.63, 3.8) is 0 Å². The highest BCUT2D eigenvalue weighted by molar-refractivity contribution is 4.80. The van der Waals surface area contributed by atoms with Crippen LogP contribution in [0.4, 0.5) is 0 Å². The van der Waals surface area contributed by atoms with Crippen molar-refractivity contribution >= 4 is 0 Å². The first kappa shape index (κ1) is 12.7. The third kappa shape index (κ3) is 5.30. The normalized spacial score (nSPS) is 20.5. The van der Waals surface area contributed by atoms with E-state index in [9.17, 15) is 0 Å². The van der Waals surface area contributed by atoms with Gasteiger partial charge in [-0.1, -0.05) is 12.2 Å². The molecule has 1 heterocycles. The first-order chi connectivity index (χ1) is 7.22. The van der Waals surface area contributed by atoms with Crippen LogP contribution in [0.2, 0.25) is 0 Å².